The predicted molar refractivity (Wildman–Crippen MR) is 141 cm³/mol. The first-order valence-electron chi connectivity index (χ1n) is 10.6. The van der Waals surface area contributed by atoms with Crippen LogP contribution < -0.4 is 5.32 Å². The Kier molecular flexibility index (Phi) is 6.39. The lowest BCUT2D eigenvalue weighted by molar-refractivity contribution is -0.111. The van der Waals surface area contributed by atoms with E-state index in [2.05, 4.69) is 10.3 Å². The number of benzene rings is 3. The van der Waals surface area contributed by atoms with Gasteiger partial charge in [-0.25, -0.2) is 4.98 Å². The van der Waals surface area contributed by atoms with Crippen LogP contribution in [0, 0.1) is 6.92 Å². The maximum Gasteiger partial charge on any atom is 0.248 e. The van der Waals surface area contributed by atoms with E-state index in [9.17, 15) is 4.79 Å². The number of furan rings is 1. The zero-order valence-electron chi connectivity index (χ0n) is 18.3. The lowest BCUT2D eigenvalue weighted by atomic mass is 10.2. The smallest absolute Gasteiger partial charge is 0.248 e. The molecule has 0 bridgehead atoms. The largest absolute Gasteiger partial charge is 0.457 e. The van der Waals surface area contributed by atoms with Gasteiger partial charge in [-0.3, -0.25) is 4.79 Å². The molecule has 1 amide bonds. The van der Waals surface area contributed by atoms with E-state index in [0.29, 0.717) is 54.9 Å². The molecule has 5 nitrogen and oxygen atoms in total. The monoisotopic (exact) mass is 522 g/mol. The molecule has 174 valence electrons. The average Bonchev–Trinajstić information content (AvgIpc) is 3.47. The van der Waals surface area contributed by atoms with Crippen LogP contribution in [-0.2, 0) is 4.79 Å². The van der Waals surface area contributed by atoms with Crippen molar-refractivity contribution in [2.45, 2.75) is 6.92 Å². The van der Waals surface area contributed by atoms with Crippen LogP contribution in [0.15, 0.2) is 81.6 Å². The van der Waals surface area contributed by atoms with E-state index < -0.39 is 0 Å². The normalized spacial score (nSPS) is 11.4. The molecule has 0 aliphatic rings. The van der Waals surface area contributed by atoms with E-state index >= 15 is 0 Å². The number of anilines is 1. The summed E-state index contributed by atoms with van der Waals surface area (Å²) in [5, 5.41) is 4.12. The first kappa shape index (κ1) is 23.2. The molecule has 0 unspecified atom stereocenters. The van der Waals surface area contributed by atoms with E-state index in [4.69, 9.17) is 43.6 Å². The fourth-order valence-corrected chi connectivity index (χ4v) is 4.13. The van der Waals surface area contributed by atoms with Crippen molar-refractivity contribution in [2.75, 3.05) is 5.32 Å². The third kappa shape index (κ3) is 4.98. The topological polar surface area (TPSA) is 68.3 Å². The number of carbonyl (C=O) groups excluding carboxylic acids is 1. The zero-order valence-corrected chi connectivity index (χ0v) is 20.6. The predicted octanol–water partition coefficient (Wildman–Crippen LogP) is 8.68. The van der Waals surface area contributed by atoms with Gasteiger partial charge in [0.1, 0.15) is 17.0 Å². The number of hydrogen-bond acceptors (Lipinski definition) is 4. The molecule has 8 heteroatoms. The van der Waals surface area contributed by atoms with E-state index in [0.717, 1.165) is 11.1 Å². The van der Waals surface area contributed by atoms with Gasteiger partial charge in [0.15, 0.2) is 5.58 Å². The molecule has 0 aliphatic carbocycles. The molecular weight excluding hydrogens is 507 g/mol. The minimum Gasteiger partial charge on any atom is -0.457 e. The Morgan fingerprint density at radius 3 is 2.63 bits per heavy atom. The molecule has 5 rings (SSSR count). The highest BCUT2D eigenvalue weighted by molar-refractivity contribution is 6.43. The Balaban J connectivity index is 1.32. The summed E-state index contributed by atoms with van der Waals surface area (Å²) >= 11 is 18.7. The van der Waals surface area contributed by atoms with Crippen LogP contribution >= 0.6 is 34.8 Å². The van der Waals surface area contributed by atoms with Gasteiger partial charge in [-0.2, -0.15) is 0 Å². The van der Waals surface area contributed by atoms with Crippen molar-refractivity contribution in [3.05, 3.63) is 99.2 Å². The maximum atomic E-state index is 12.5. The first-order valence-corrected chi connectivity index (χ1v) is 11.7. The van der Waals surface area contributed by atoms with Gasteiger partial charge in [-0.05, 0) is 73.2 Å². The Morgan fingerprint density at radius 2 is 1.77 bits per heavy atom. The molecule has 0 saturated heterocycles. The minimum atomic E-state index is -0.342. The summed E-state index contributed by atoms with van der Waals surface area (Å²) in [5.74, 6) is 1.08. The van der Waals surface area contributed by atoms with Crippen LogP contribution in [-0.4, -0.2) is 10.9 Å². The summed E-state index contributed by atoms with van der Waals surface area (Å²) in [5.41, 5.74) is 4.27. The highest BCUT2D eigenvalue weighted by Gasteiger charge is 2.14. The Hall–Kier alpha value is -3.51. The number of carbonyl (C=O) groups is 1. The highest BCUT2D eigenvalue weighted by Crippen LogP contribution is 2.35. The summed E-state index contributed by atoms with van der Waals surface area (Å²) in [6, 6.07) is 19.7. The lowest BCUT2D eigenvalue weighted by Crippen LogP contribution is -2.07. The van der Waals surface area contributed by atoms with Gasteiger partial charge in [-0.1, -0.05) is 46.9 Å². The van der Waals surface area contributed by atoms with Crippen molar-refractivity contribution in [1.29, 1.82) is 0 Å². The third-order valence-electron chi connectivity index (χ3n) is 5.25. The number of nitrogens with zero attached hydrogens (tertiary/aromatic N) is 1. The van der Waals surface area contributed by atoms with Crippen molar-refractivity contribution >= 4 is 63.6 Å². The fraction of sp³-hybridized carbons (Fsp3) is 0.0370. The number of nitrogens with one attached hydrogen (secondary N) is 1. The molecular formula is C27H17Cl3N2O3. The second-order valence-electron chi connectivity index (χ2n) is 7.81. The molecule has 1 N–H and O–H groups in total. The average molecular weight is 524 g/mol. The Labute approximate surface area is 215 Å². The molecule has 2 aromatic heterocycles. The van der Waals surface area contributed by atoms with Crippen LogP contribution in [0.2, 0.25) is 15.1 Å². The number of hydrogen-bond donors (Lipinski definition) is 1. The standard InChI is InChI=1S/C27H17Cl3N2O3/c1-15-5-10-22-24(13-15)35-27(32-22)19-14-16(6-9-20(19)28)31-25(33)12-8-17-7-11-23(34-17)18-3-2-4-21(29)26(18)30/h2-14H,1H3,(H,31,33). The Bertz CT molecular complexity index is 1600. The molecule has 0 fully saturated rings. The van der Waals surface area contributed by atoms with Crippen LogP contribution in [0.25, 0.3) is 40.0 Å². The molecule has 3 aromatic carbocycles. The Morgan fingerprint density at radius 1 is 0.914 bits per heavy atom. The number of aromatic nitrogens is 1. The summed E-state index contributed by atoms with van der Waals surface area (Å²) < 4.78 is 11.7. The van der Waals surface area contributed by atoms with Gasteiger partial charge < -0.3 is 14.2 Å². The minimum absolute atomic E-state index is 0.342. The molecule has 2 heterocycles. The van der Waals surface area contributed by atoms with E-state index in [1.54, 1.807) is 48.5 Å². The van der Waals surface area contributed by atoms with Gasteiger partial charge in [0.25, 0.3) is 0 Å². The number of oxazole rings is 1. The van der Waals surface area contributed by atoms with E-state index in [-0.39, 0.29) is 5.91 Å². The highest BCUT2D eigenvalue weighted by atomic mass is 35.5. The number of rotatable bonds is 5. The van der Waals surface area contributed by atoms with Gasteiger partial charge in [0, 0.05) is 17.3 Å². The van der Waals surface area contributed by atoms with Crippen molar-refractivity contribution in [3.63, 3.8) is 0 Å². The quantitative estimate of drug-likeness (QED) is 0.234. The molecule has 0 atom stereocenters. The lowest BCUT2D eigenvalue weighted by Gasteiger charge is -2.05. The zero-order chi connectivity index (χ0) is 24.5. The third-order valence-corrected chi connectivity index (χ3v) is 6.40. The summed E-state index contributed by atoms with van der Waals surface area (Å²) in [6.45, 7) is 1.98. The number of amides is 1. The molecule has 5 aromatic rings. The molecule has 0 radical (unpaired) electrons. The number of fused-ring (bicyclic) bond motifs is 1. The van der Waals surface area contributed by atoms with Crippen LogP contribution in [0.3, 0.4) is 0 Å². The number of halogens is 3. The summed E-state index contributed by atoms with van der Waals surface area (Å²) in [6.07, 6.45) is 2.94. The summed E-state index contributed by atoms with van der Waals surface area (Å²) in [7, 11) is 0. The fourth-order valence-electron chi connectivity index (χ4n) is 3.54. The number of aryl methyl sites for hydroxylation is 1. The van der Waals surface area contributed by atoms with Gasteiger partial charge >= 0.3 is 0 Å². The van der Waals surface area contributed by atoms with Crippen LogP contribution in [0.5, 0.6) is 0 Å². The van der Waals surface area contributed by atoms with Crippen molar-refractivity contribution in [2.24, 2.45) is 0 Å². The van der Waals surface area contributed by atoms with Gasteiger partial charge in [0.2, 0.25) is 11.8 Å². The van der Waals surface area contributed by atoms with E-state index in [1.807, 2.05) is 31.2 Å². The second kappa shape index (κ2) is 9.62. The van der Waals surface area contributed by atoms with Gasteiger partial charge in [0.05, 0.1) is 20.6 Å². The first-order chi connectivity index (χ1) is 16.9. The van der Waals surface area contributed by atoms with Gasteiger partial charge in [-0.15, -0.1) is 0 Å². The van der Waals surface area contributed by atoms with Crippen LogP contribution in [0.1, 0.15) is 11.3 Å². The van der Waals surface area contributed by atoms with Crippen molar-refractivity contribution in [3.8, 4) is 22.8 Å². The van der Waals surface area contributed by atoms with Crippen molar-refractivity contribution in [1.82, 2.24) is 4.98 Å². The summed E-state index contributed by atoms with van der Waals surface area (Å²) in [4.78, 5) is 17.0. The molecule has 0 spiro atoms. The second-order valence-corrected chi connectivity index (χ2v) is 9.00. The molecule has 0 aliphatic heterocycles. The molecule has 35 heavy (non-hydrogen) atoms. The van der Waals surface area contributed by atoms with Crippen LogP contribution in [0.4, 0.5) is 5.69 Å². The maximum absolute atomic E-state index is 12.5. The SMILES string of the molecule is Cc1ccc2nc(-c3cc(NC(=O)C=Cc4ccc(-c5cccc(Cl)c5Cl)o4)ccc3Cl)oc2c1. The van der Waals surface area contributed by atoms with E-state index in [1.165, 1.54) is 6.08 Å². The molecule has 0 saturated carbocycles. The van der Waals surface area contributed by atoms with Crippen molar-refractivity contribution < 1.29 is 13.6 Å².